The predicted molar refractivity (Wildman–Crippen MR) is 113 cm³/mol. The van der Waals surface area contributed by atoms with Gasteiger partial charge in [-0.2, -0.15) is 5.10 Å². The number of aromatic nitrogens is 2. The van der Waals surface area contributed by atoms with Crippen LogP contribution in [0.2, 0.25) is 5.02 Å². The van der Waals surface area contributed by atoms with E-state index in [1.165, 1.54) is 0 Å². The summed E-state index contributed by atoms with van der Waals surface area (Å²) in [5.41, 5.74) is 4.36. The van der Waals surface area contributed by atoms with Crippen molar-refractivity contribution in [3.05, 3.63) is 87.7 Å². The maximum Gasteiger partial charge on any atom is 0.253 e. The second-order valence-corrected chi connectivity index (χ2v) is 7.14. The molecular weight excluding hydrogens is 388 g/mol. The molecule has 0 aliphatic rings. The molecule has 7 heteroatoms. The lowest BCUT2D eigenvalue weighted by molar-refractivity contribution is -0.120. The largest absolute Gasteiger partial charge is 0.350 e. The van der Waals surface area contributed by atoms with Gasteiger partial charge in [-0.15, -0.1) is 0 Å². The van der Waals surface area contributed by atoms with Crippen molar-refractivity contribution < 1.29 is 9.59 Å². The Kier molecular flexibility index (Phi) is 6.67. The van der Waals surface area contributed by atoms with Crippen molar-refractivity contribution in [2.75, 3.05) is 6.54 Å². The average molecular weight is 411 g/mol. The summed E-state index contributed by atoms with van der Waals surface area (Å²) in [5, 5.41) is 10.4. The Balaban J connectivity index is 1.55. The van der Waals surface area contributed by atoms with Crippen LogP contribution in [0.1, 0.15) is 32.9 Å². The molecule has 0 aliphatic heterocycles. The summed E-state index contributed by atoms with van der Waals surface area (Å²) in [6.45, 7) is 4.82. The number of aryl methyl sites for hydroxylation is 1. The first-order chi connectivity index (χ1) is 14.0. The van der Waals surface area contributed by atoms with Gasteiger partial charge in [0.1, 0.15) is 0 Å². The number of benzene rings is 2. The van der Waals surface area contributed by atoms with Crippen LogP contribution in [0.3, 0.4) is 0 Å². The first kappa shape index (κ1) is 20.6. The van der Waals surface area contributed by atoms with E-state index in [2.05, 4.69) is 27.9 Å². The molecule has 0 saturated carbocycles. The lowest BCUT2D eigenvalue weighted by Gasteiger charge is -2.09. The van der Waals surface area contributed by atoms with Crippen molar-refractivity contribution in [3.63, 3.8) is 0 Å². The van der Waals surface area contributed by atoms with Crippen molar-refractivity contribution >= 4 is 23.4 Å². The molecule has 0 spiro atoms. The lowest BCUT2D eigenvalue weighted by Crippen LogP contribution is -2.36. The van der Waals surface area contributed by atoms with E-state index in [1.807, 2.05) is 36.7 Å². The second-order valence-electron chi connectivity index (χ2n) is 6.73. The Hall–Kier alpha value is -3.12. The zero-order chi connectivity index (χ0) is 20.8. The molecule has 150 valence electrons. The highest BCUT2D eigenvalue weighted by atomic mass is 35.5. The van der Waals surface area contributed by atoms with Crippen LogP contribution < -0.4 is 10.6 Å². The molecule has 2 N–H and O–H groups in total. The van der Waals surface area contributed by atoms with Crippen molar-refractivity contribution in [2.24, 2.45) is 0 Å². The van der Waals surface area contributed by atoms with Crippen LogP contribution in [0.25, 0.3) is 0 Å². The number of carbonyl (C=O) groups excluding carboxylic acids is 2. The third kappa shape index (κ3) is 5.23. The number of nitrogens with zero attached hydrogens (tertiary/aromatic N) is 2. The predicted octanol–water partition coefficient (Wildman–Crippen LogP) is 3.25. The SMILES string of the molecule is Cc1nn(Cc2ccccc2)c(C)c1CNC(=O)CNC(=O)c1ccccc1Cl. The monoisotopic (exact) mass is 410 g/mol. The van der Waals surface area contributed by atoms with Gasteiger partial charge >= 0.3 is 0 Å². The van der Waals surface area contributed by atoms with Crippen LogP contribution in [0.15, 0.2) is 54.6 Å². The quantitative estimate of drug-likeness (QED) is 0.627. The molecule has 2 amide bonds. The van der Waals surface area contributed by atoms with Gasteiger partial charge in [-0.1, -0.05) is 54.1 Å². The Morgan fingerprint density at radius 1 is 1.00 bits per heavy atom. The second kappa shape index (κ2) is 9.39. The van der Waals surface area contributed by atoms with E-state index in [1.54, 1.807) is 24.3 Å². The van der Waals surface area contributed by atoms with E-state index in [0.29, 0.717) is 23.7 Å². The molecule has 3 aromatic rings. The van der Waals surface area contributed by atoms with Crippen molar-refractivity contribution in [1.29, 1.82) is 0 Å². The Morgan fingerprint density at radius 3 is 2.41 bits per heavy atom. The number of nitrogens with one attached hydrogen (secondary N) is 2. The van der Waals surface area contributed by atoms with E-state index >= 15 is 0 Å². The van der Waals surface area contributed by atoms with Gasteiger partial charge in [0.15, 0.2) is 0 Å². The van der Waals surface area contributed by atoms with E-state index in [9.17, 15) is 9.59 Å². The maximum atomic E-state index is 12.2. The maximum absolute atomic E-state index is 12.2. The summed E-state index contributed by atoms with van der Waals surface area (Å²) in [4.78, 5) is 24.3. The molecule has 1 aromatic heterocycles. The fourth-order valence-corrected chi connectivity index (χ4v) is 3.27. The van der Waals surface area contributed by atoms with Gasteiger partial charge in [-0.05, 0) is 31.5 Å². The Labute approximate surface area is 174 Å². The number of rotatable bonds is 7. The Morgan fingerprint density at radius 2 is 1.69 bits per heavy atom. The minimum Gasteiger partial charge on any atom is -0.350 e. The molecule has 0 unspecified atom stereocenters. The molecule has 0 fully saturated rings. The zero-order valence-corrected chi connectivity index (χ0v) is 17.2. The number of amides is 2. The van der Waals surface area contributed by atoms with E-state index in [0.717, 1.165) is 22.5 Å². The van der Waals surface area contributed by atoms with Gasteiger partial charge in [-0.25, -0.2) is 0 Å². The normalized spacial score (nSPS) is 10.6. The molecule has 6 nitrogen and oxygen atoms in total. The first-order valence-corrected chi connectivity index (χ1v) is 9.69. The van der Waals surface area contributed by atoms with E-state index in [-0.39, 0.29) is 18.4 Å². The summed E-state index contributed by atoms with van der Waals surface area (Å²) < 4.78 is 1.94. The molecule has 1 heterocycles. The van der Waals surface area contributed by atoms with Gasteiger partial charge in [0.25, 0.3) is 5.91 Å². The van der Waals surface area contributed by atoms with Gasteiger partial charge in [0.05, 0.1) is 29.4 Å². The highest BCUT2D eigenvalue weighted by molar-refractivity contribution is 6.33. The van der Waals surface area contributed by atoms with Crippen LogP contribution in [0.4, 0.5) is 0 Å². The molecule has 0 aliphatic carbocycles. The molecule has 2 aromatic carbocycles. The summed E-state index contributed by atoms with van der Waals surface area (Å²) in [6, 6.07) is 16.8. The minimum absolute atomic E-state index is 0.125. The van der Waals surface area contributed by atoms with Crippen LogP contribution in [0.5, 0.6) is 0 Å². The topological polar surface area (TPSA) is 76.0 Å². The molecule has 0 saturated heterocycles. The van der Waals surface area contributed by atoms with Gasteiger partial charge < -0.3 is 10.6 Å². The zero-order valence-electron chi connectivity index (χ0n) is 16.4. The van der Waals surface area contributed by atoms with Crippen LogP contribution in [-0.2, 0) is 17.9 Å². The third-order valence-electron chi connectivity index (χ3n) is 4.70. The summed E-state index contributed by atoms with van der Waals surface area (Å²) in [6.07, 6.45) is 0. The van der Waals surface area contributed by atoms with Gasteiger partial charge in [0.2, 0.25) is 5.91 Å². The summed E-state index contributed by atoms with van der Waals surface area (Å²) in [7, 11) is 0. The van der Waals surface area contributed by atoms with Crippen molar-refractivity contribution in [1.82, 2.24) is 20.4 Å². The molecular formula is C22H23ClN4O2. The molecule has 0 atom stereocenters. The number of halogens is 1. The summed E-state index contributed by atoms with van der Waals surface area (Å²) in [5.74, 6) is -0.659. The van der Waals surface area contributed by atoms with E-state index < -0.39 is 0 Å². The van der Waals surface area contributed by atoms with Gasteiger partial charge in [0, 0.05) is 17.8 Å². The number of hydrogen-bond acceptors (Lipinski definition) is 3. The third-order valence-corrected chi connectivity index (χ3v) is 5.03. The van der Waals surface area contributed by atoms with E-state index in [4.69, 9.17) is 11.6 Å². The molecule has 0 bridgehead atoms. The molecule has 3 rings (SSSR count). The fourth-order valence-electron chi connectivity index (χ4n) is 3.05. The molecule has 29 heavy (non-hydrogen) atoms. The highest BCUT2D eigenvalue weighted by Crippen LogP contribution is 2.15. The highest BCUT2D eigenvalue weighted by Gasteiger charge is 2.14. The average Bonchev–Trinajstić information content (AvgIpc) is 2.98. The minimum atomic E-state index is -0.381. The first-order valence-electron chi connectivity index (χ1n) is 9.32. The smallest absolute Gasteiger partial charge is 0.253 e. The number of hydrogen-bond donors (Lipinski definition) is 2. The van der Waals surface area contributed by atoms with Crippen LogP contribution in [-0.4, -0.2) is 28.1 Å². The fraction of sp³-hybridized carbons (Fsp3) is 0.227. The van der Waals surface area contributed by atoms with Crippen molar-refractivity contribution in [3.8, 4) is 0 Å². The standard InChI is InChI=1S/C22H23ClN4O2/c1-15-19(16(2)27(26-15)14-17-8-4-3-5-9-17)12-24-21(28)13-25-22(29)18-10-6-7-11-20(18)23/h3-11H,12-14H2,1-2H3,(H,24,28)(H,25,29). The van der Waals surface area contributed by atoms with Crippen LogP contribution in [0, 0.1) is 13.8 Å². The van der Waals surface area contributed by atoms with Crippen molar-refractivity contribution in [2.45, 2.75) is 26.9 Å². The lowest BCUT2D eigenvalue weighted by atomic mass is 10.2. The molecule has 0 radical (unpaired) electrons. The summed E-state index contributed by atoms with van der Waals surface area (Å²) >= 11 is 6.00. The Bertz CT molecular complexity index is 1010. The van der Waals surface area contributed by atoms with Gasteiger partial charge in [-0.3, -0.25) is 14.3 Å². The number of carbonyl (C=O) groups is 2. The van der Waals surface area contributed by atoms with Crippen LogP contribution >= 0.6 is 11.6 Å².